The van der Waals surface area contributed by atoms with Crippen molar-refractivity contribution in [1.29, 1.82) is 0 Å². The second-order valence-electron chi connectivity index (χ2n) is 5.06. The van der Waals surface area contributed by atoms with E-state index in [9.17, 15) is 9.90 Å². The van der Waals surface area contributed by atoms with E-state index in [-0.39, 0.29) is 12.5 Å². The smallest absolute Gasteiger partial charge is 0.255 e. The summed E-state index contributed by atoms with van der Waals surface area (Å²) in [4.78, 5) is 13.6. The van der Waals surface area contributed by atoms with Crippen LogP contribution in [0.4, 0.5) is 5.69 Å². The van der Waals surface area contributed by atoms with Crippen LogP contribution < -0.4 is 5.73 Å². The molecule has 0 aromatic heterocycles. The van der Waals surface area contributed by atoms with Gasteiger partial charge in [-0.05, 0) is 32.9 Å². The van der Waals surface area contributed by atoms with E-state index in [4.69, 9.17) is 5.73 Å². The Hall–Kier alpha value is -1.55. The van der Waals surface area contributed by atoms with Crippen molar-refractivity contribution >= 4 is 11.6 Å². The molecular formula is C13H20N2O2. The summed E-state index contributed by atoms with van der Waals surface area (Å²) in [6.45, 7) is 5.50. The number of benzene rings is 1. The second kappa shape index (κ2) is 4.75. The Morgan fingerprint density at radius 3 is 2.59 bits per heavy atom. The number of nitrogen functional groups attached to an aromatic ring is 1. The molecule has 3 N–H and O–H groups in total. The number of nitrogens with two attached hydrogens (primary N) is 1. The molecule has 0 heterocycles. The number of amides is 1. The zero-order valence-electron chi connectivity index (χ0n) is 10.8. The van der Waals surface area contributed by atoms with Gasteiger partial charge in [0.15, 0.2) is 0 Å². The van der Waals surface area contributed by atoms with Crippen LogP contribution in [-0.2, 0) is 0 Å². The van der Waals surface area contributed by atoms with E-state index in [1.165, 1.54) is 4.90 Å². The zero-order valence-corrected chi connectivity index (χ0v) is 10.8. The molecule has 0 aliphatic heterocycles. The Kier molecular flexibility index (Phi) is 3.78. The third-order valence-electron chi connectivity index (χ3n) is 2.41. The van der Waals surface area contributed by atoms with Gasteiger partial charge in [-0.25, -0.2) is 0 Å². The van der Waals surface area contributed by atoms with Crippen LogP contribution in [0.2, 0.25) is 0 Å². The maximum Gasteiger partial charge on any atom is 0.255 e. The van der Waals surface area contributed by atoms with Crippen molar-refractivity contribution in [2.24, 2.45) is 0 Å². The lowest BCUT2D eigenvalue weighted by Crippen LogP contribution is -2.39. The molecule has 94 valence electrons. The average Bonchev–Trinajstić information content (AvgIpc) is 2.18. The molecule has 0 fully saturated rings. The Morgan fingerprint density at radius 2 is 2.06 bits per heavy atom. The van der Waals surface area contributed by atoms with E-state index in [1.54, 1.807) is 33.0 Å². The molecule has 4 nitrogen and oxygen atoms in total. The van der Waals surface area contributed by atoms with Crippen molar-refractivity contribution in [1.82, 2.24) is 4.90 Å². The predicted octanol–water partition coefficient (Wildman–Crippen LogP) is 1.42. The third kappa shape index (κ3) is 3.75. The molecule has 0 bridgehead atoms. The summed E-state index contributed by atoms with van der Waals surface area (Å²) in [6.07, 6.45) is 0. The van der Waals surface area contributed by atoms with Crippen LogP contribution in [0.15, 0.2) is 18.2 Å². The number of aliphatic hydroxyl groups is 1. The first-order chi connectivity index (χ1) is 7.70. The first-order valence-electron chi connectivity index (χ1n) is 5.55. The van der Waals surface area contributed by atoms with E-state index in [2.05, 4.69) is 0 Å². The van der Waals surface area contributed by atoms with Crippen LogP contribution in [0.5, 0.6) is 0 Å². The summed E-state index contributed by atoms with van der Waals surface area (Å²) in [7, 11) is 1.65. The van der Waals surface area contributed by atoms with Gasteiger partial charge in [0.2, 0.25) is 0 Å². The fraction of sp³-hybridized carbons (Fsp3) is 0.462. The number of carbonyl (C=O) groups excluding carboxylic acids is 1. The molecule has 1 rings (SSSR count). The Balaban J connectivity index is 2.93. The van der Waals surface area contributed by atoms with E-state index in [0.717, 1.165) is 5.56 Å². The lowest BCUT2D eigenvalue weighted by Gasteiger charge is -2.26. The van der Waals surface area contributed by atoms with Crippen molar-refractivity contribution in [3.05, 3.63) is 29.3 Å². The van der Waals surface area contributed by atoms with Crippen molar-refractivity contribution in [3.63, 3.8) is 0 Å². The number of anilines is 1. The molecule has 0 radical (unpaired) electrons. The summed E-state index contributed by atoms with van der Waals surface area (Å²) < 4.78 is 0. The SMILES string of the molecule is Cc1ccc(N)c(C(=O)N(C)CC(C)(C)O)c1. The van der Waals surface area contributed by atoms with Crippen LogP contribution >= 0.6 is 0 Å². The van der Waals surface area contributed by atoms with Crippen molar-refractivity contribution in [2.45, 2.75) is 26.4 Å². The average molecular weight is 236 g/mol. The quantitative estimate of drug-likeness (QED) is 0.780. The lowest BCUT2D eigenvalue weighted by atomic mass is 10.1. The summed E-state index contributed by atoms with van der Waals surface area (Å²) in [5.74, 6) is -0.173. The van der Waals surface area contributed by atoms with Crippen LogP contribution in [0.3, 0.4) is 0 Å². The monoisotopic (exact) mass is 236 g/mol. The first-order valence-corrected chi connectivity index (χ1v) is 5.55. The van der Waals surface area contributed by atoms with Gasteiger partial charge in [0.05, 0.1) is 11.2 Å². The lowest BCUT2D eigenvalue weighted by molar-refractivity contribution is 0.0368. The molecule has 1 aromatic rings. The summed E-state index contributed by atoms with van der Waals surface area (Å²) in [5.41, 5.74) is 6.80. The van der Waals surface area contributed by atoms with E-state index in [1.807, 2.05) is 13.0 Å². The summed E-state index contributed by atoms with van der Waals surface area (Å²) in [6, 6.07) is 5.35. The molecule has 0 spiro atoms. The third-order valence-corrected chi connectivity index (χ3v) is 2.41. The molecule has 1 aromatic carbocycles. The molecular weight excluding hydrogens is 216 g/mol. The van der Waals surface area contributed by atoms with Gasteiger partial charge in [0, 0.05) is 19.3 Å². The van der Waals surface area contributed by atoms with E-state index < -0.39 is 5.60 Å². The fourth-order valence-corrected chi connectivity index (χ4v) is 1.71. The number of likely N-dealkylation sites (N-methyl/N-ethyl adjacent to an activating group) is 1. The number of carbonyl (C=O) groups is 1. The highest BCUT2D eigenvalue weighted by molar-refractivity contribution is 5.99. The predicted molar refractivity (Wildman–Crippen MR) is 68.8 cm³/mol. The summed E-state index contributed by atoms with van der Waals surface area (Å²) >= 11 is 0. The molecule has 1 amide bonds. The van der Waals surface area contributed by atoms with Crippen LogP contribution in [0.1, 0.15) is 29.8 Å². The Bertz CT molecular complexity index is 422. The number of nitrogens with zero attached hydrogens (tertiary/aromatic N) is 1. The minimum atomic E-state index is -0.914. The minimum absolute atomic E-state index is 0.173. The van der Waals surface area contributed by atoms with Gasteiger partial charge < -0.3 is 15.7 Å². The van der Waals surface area contributed by atoms with Gasteiger partial charge in [0.1, 0.15) is 0 Å². The molecule has 0 saturated heterocycles. The van der Waals surface area contributed by atoms with Crippen molar-refractivity contribution in [3.8, 4) is 0 Å². The normalized spacial score (nSPS) is 11.4. The minimum Gasteiger partial charge on any atom is -0.398 e. The number of hydrogen-bond acceptors (Lipinski definition) is 3. The van der Waals surface area contributed by atoms with E-state index >= 15 is 0 Å². The number of rotatable bonds is 3. The van der Waals surface area contributed by atoms with Gasteiger partial charge in [-0.15, -0.1) is 0 Å². The highest BCUT2D eigenvalue weighted by atomic mass is 16.3. The molecule has 17 heavy (non-hydrogen) atoms. The van der Waals surface area contributed by atoms with Crippen molar-refractivity contribution in [2.75, 3.05) is 19.3 Å². The Morgan fingerprint density at radius 1 is 1.47 bits per heavy atom. The number of aryl methyl sites for hydroxylation is 1. The summed E-state index contributed by atoms with van der Waals surface area (Å²) in [5, 5.41) is 9.68. The molecule has 0 atom stereocenters. The zero-order chi connectivity index (χ0) is 13.2. The maximum atomic E-state index is 12.1. The first kappa shape index (κ1) is 13.5. The van der Waals surface area contributed by atoms with Gasteiger partial charge in [-0.1, -0.05) is 11.6 Å². The molecule has 0 saturated carbocycles. The molecule has 0 aliphatic rings. The molecule has 4 heteroatoms. The standard InChI is InChI=1S/C13H20N2O2/c1-9-5-6-11(14)10(7-9)12(16)15(4)8-13(2,3)17/h5-7,17H,8,14H2,1-4H3. The molecule has 0 aliphatic carbocycles. The number of hydrogen-bond donors (Lipinski definition) is 2. The highest BCUT2D eigenvalue weighted by Crippen LogP contribution is 2.16. The van der Waals surface area contributed by atoms with E-state index in [0.29, 0.717) is 11.3 Å². The highest BCUT2D eigenvalue weighted by Gasteiger charge is 2.21. The van der Waals surface area contributed by atoms with Crippen LogP contribution in [0, 0.1) is 6.92 Å². The largest absolute Gasteiger partial charge is 0.398 e. The van der Waals surface area contributed by atoms with Gasteiger partial charge in [0.25, 0.3) is 5.91 Å². The fourth-order valence-electron chi connectivity index (χ4n) is 1.71. The van der Waals surface area contributed by atoms with Crippen LogP contribution in [0.25, 0.3) is 0 Å². The van der Waals surface area contributed by atoms with Gasteiger partial charge in [-0.2, -0.15) is 0 Å². The second-order valence-corrected chi connectivity index (χ2v) is 5.06. The van der Waals surface area contributed by atoms with Gasteiger partial charge in [-0.3, -0.25) is 4.79 Å². The topological polar surface area (TPSA) is 66.6 Å². The molecule has 0 unspecified atom stereocenters. The van der Waals surface area contributed by atoms with Crippen molar-refractivity contribution < 1.29 is 9.90 Å². The van der Waals surface area contributed by atoms with Crippen LogP contribution in [-0.4, -0.2) is 35.1 Å². The maximum absolute atomic E-state index is 12.1. The Labute approximate surface area is 102 Å². The van der Waals surface area contributed by atoms with Gasteiger partial charge >= 0.3 is 0 Å².